The summed E-state index contributed by atoms with van der Waals surface area (Å²) in [6, 6.07) is 13.1. The highest BCUT2D eigenvalue weighted by molar-refractivity contribution is 6.32. The van der Waals surface area contributed by atoms with Crippen LogP contribution in [-0.2, 0) is 4.79 Å². The molecular weight excluding hydrogens is 265 g/mol. The number of rotatable bonds is 3. The van der Waals surface area contributed by atoms with Crippen molar-refractivity contribution < 1.29 is 9.18 Å². The van der Waals surface area contributed by atoms with E-state index in [4.69, 9.17) is 11.6 Å². The Hall–Kier alpha value is -2.13. The van der Waals surface area contributed by atoms with Crippen molar-refractivity contribution in [3.8, 4) is 0 Å². The van der Waals surface area contributed by atoms with Gasteiger partial charge in [-0.2, -0.15) is 0 Å². The Kier molecular flexibility index (Phi) is 4.31. The highest BCUT2D eigenvalue weighted by atomic mass is 35.5. The molecule has 4 heteroatoms. The van der Waals surface area contributed by atoms with Crippen LogP contribution >= 0.6 is 11.6 Å². The first-order valence-corrected chi connectivity index (χ1v) is 6.03. The molecule has 0 radical (unpaired) electrons. The van der Waals surface area contributed by atoms with Crippen LogP contribution in [0.25, 0.3) is 6.08 Å². The lowest BCUT2D eigenvalue weighted by atomic mass is 10.2. The van der Waals surface area contributed by atoms with Crippen LogP contribution in [-0.4, -0.2) is 5.91 Å². The topological polar surface area (TPSA) is 29.1 Å². The standard InChI is InChI=1S/C15H11ClFNO/c16-12-6-2-1-5-11(12)9-10-15(19)18-14-8-4-3-7-13(14)17/h1-10H,(H,18,19)/b10-9+. The normalized spacial score (nSPS) is 10.6. The molecule has 2 nitrogen and oxygen atoms in total. The third-order valence-electron chi connectivity index (χ3n) is 2.45. The van der Waals surface area contributed by atoms with Crippen molar-refractivity contribution in [3.63, 3.8) is 0 Å². The zero-order valence-electron chi connectivity index (χ0n) is 9.94. The van der Waals surface area contributed by atoms with Crippen molar-refractivity contribution in [3.05, 3.63) is 71.0 Å². The van der Waals surface area contributed by atoms with Crippen molar-refractivity contribution in [2.45, 2.75) is 0 Å². The maximum absolute atomic E-state index is 13.3. The van der Waals surface area contributed by atoms with Crippen LogP contribution in [0.3, 0.4) is 0 Å². The molecule has 0 atom stereocenters. The average Bonchev–Trinajstić information content (AvgIpc) is 2.40. The molecule has 0 aromatic heterocycles. The molecular formula is C15H11ClFNO. The summed E-state index contributed by atoms with van der Waals surface area (Å²) in [5.41, 5.74) is 0.879. The SMILES string of the molecule is O=C(/C=C/c1ccccc1Cl)Nc1ccccc1F. The lowest BCUT2D eigenvalue weighted by Gasteiger charge is -2.03. The quantitative estimate of drug-likeness (QED) is 0.839. The number of carbonyl (C=O) groups is 1. The Bertz CT molecular complexity index is 625. The maximum atomic E-state index is 13.3. The molecule has 0 aliphatic carbocycles. The monoisotopic (exact) mass is 275 g/mol. The molecule has 0 bridgehead atoms. The van der Waals surface area contributed by atoms with Gasteiger partial charge in [-0.1, -0.05) is 41.9 Å². The van der Waals surface area contributed by atoms with Crippen LogP contribution in [0.15, 0.2) is 54.6 Å². The fourth-order valence-electron chi connectivity index (χ4n) is 1.51. The number of anilines is 1. The van der Waals surface area contributed by atoms with E-state index in [1.807, 2.05) is 6.07 Å². The highest BCUT2D eigenvalue weighted by Crippen LogP contribution is 2.16. The largest absolute Gasteiger partial charge is 0.320 e. The van der Waals surface area contributed by atoms with Gasteiger partial charge in [0.05, 0.1) is 5.69 Å². The number of carbonyl (C=O) groups excluding carboxylic acids is 1. The van der Waals surface area contributed by atoms with E-state index in [-0.39, 0.29) is 5.69 Å². The predicted molar refractivity (Wildman–Crippen MR) is 75.5 cm³/mol. The summed E-state index contributed by atoms with van der Waals surface area (Å²) < 4.78 is 13.3. The number of halogens is 2. The van der Waals surface area contributed by atoms with Crippen LogP contribution in [0.1, 0.15) is 5.56 Å². The Morgan fingerprint density at radius 1 is 1.11 bits per heavy atom. The molecule has 0 aliphatic heterocycles. The van der Waals surface area contributed by atoms with E-state index in [9.17, 15) is 9.18 Å². The van der Waals surface area contributed by atoms with Crippen LogP contribution in [0.4, 0.5) is 10.1 Å². The predicted octanol–water partition coefficient (Wildman–Crippen LogP) is 4.13. The zero-order valence-corrected chi connectivity index (χ0v) is 10.7. The van der Waals surface area contributed by atoms with Gasteiger partial charge in [0.25, 0.3) is 0 Å². The molecule has 0 fully saturated rings. The third kappa shape index (κ3) is 3.66. The van der Waals surface area contributed by atoms with Crippen LogP contribution in [0.2, 0.25) is 5.02 Å². The second kappa shape index (κ2) is 6.16. The smallest absolute Gasteiger partial charge is 0.248 e. The van der Waals surface area contributed by atoms with E-state index in [0.29, 0.717) is 5.02 Å². The van der Waals surface area contributed by atoms with Gasteiger partial charge in [-0.25, -0.2) is 4.39 Å². The Balaban J connectivity index is 2.06. The summed E-state index contributed by atoms with van der Waals surface area (Å²) in [5, 5.41) is 3.01. The molecule has 96 valence electrons. The van der Waals surface area contributed by atoms with Crippen LogP contribution in [0, 0.1) is 5.82 Å². The summed E-state index contributed by atoms with van der Waals surface area (Å²) in [6.07, 6.45) is 2.90. The van der Waals surface area contributed by atoms with E-state index < -0.39 is 11.7 Å². The second-order valence-corrected chi connectivity index (χ2v) is 4.23. The molecule has 2 aromatic rings. The lowest BCUT2D eigenvalue weighted by Crippen LogP contribution is -2.08. The van der Waals surface area contributed by atoms with Crippen molar-refractivity contribution in [1.82, 2.24) is 0 Å². The number of hydrogen-bond acceptors (Lipinski definition) is 1. The molecule has 19 heavy (non-hydrogen) atoms. The molecule has 2 aromatic carbocycles. The number of hydrogen-bond donors (Lipinski definition) is 1. The molecule has 1 amide bonds. The fraction of sp³-hybridized carbons (Fsp3) is 0. The molecule has 0 spiro atoms. The molecule has 0 aliphatic rings. The molecule has 0 saturated heterocycles. The third-order valence-corrected chi connectivity index (χ3v) is 2.80. The molecule has 1 N–H and O–H groups in total. The summed E-state index contributed by atoms with van der Waals surface area (Å²) in [5.74, 6) is -0.882. The van der Waals surface area contributed by atoms with Gasteiger partial charge in [0, 0.05) is 11.1 Å². The summed E-state index contributed by atoms with van der Waals surface area (Å²) in [7, 11) is 0. The van der Waals surface area contributed by atoms with E-state index in [2.05, 4.69) is 5.32 Å². The van der Waals surface area contributed by atoms with E-state index in [1.165, 1.54) is 18.2 Å². The summed E-state index contributed by atoms with van der Waals surface area (Å²) in [6.45, 7) is 0. The molecule has 0 saturated carbocycles. The van der Waals surface area contributed by atoms with Gasteiger partial charge in [-0.3, -0.25) is 4.79 Å². The fourth-order valence-corrected chi connectivity index (χ4v) is 1.71. The number of amides is 1. The van der Waals surface area contributed by atoms with E-state index in [0.717, 1.165) is 5.56 Å². The van der Waals surface area contributed by atoms with Gasteiger partial charge in [-0.15, -0.1) is 0 Å². The molecule has 0 unspecified atom stereocenters. The van der Waals surface area contributed by atoms with Crippen molar-refractivity contribution in [2.24, 2.45) is 0 Å². The minimum absolute atomic E-state index is 0.149. The minimum atomic E-state index is -0.470. The zero-order chi connectivity index (χ0) is 13.7. The minimum Gasteiger partial charge on any atom is -0.320 e. The number of nitrogens with one attached hydrogen (secondary N) is 1. The van der Waals surface area contributed by atoms with Crippen molar-refractivity contribution in [1.29, 1.82) is 0 Å². The lowest BCUT2D eigenvalue weighted by molar-refractivity contribution is -0.111. The van der Waals surface area contributed by atoms with Gasteiger partial charge in [0.2, 0.25) is 5.91 Å². The number of benzene rings is 2. The number of para-hydroxylation sites is 1. The Morgan fingerprint density at radius 2 is 1.79 bits per heavy atom. The molecule has 2 rings (SSSR count). The van der Waals surface area contributed by atoms with Crippen molar-refractivity contribution in [2.75, 3.05) is 5.32 Å². The highest BCUT2D eigenvalue weighted by Gasteiger charge is 2.03. The first-order valence-electron chi connectivity index (χ1n) is 5.65. The van der Waals surface area contributed by atoms with Gasteiger partial charge < -0.3 is 5.32 Å². The van der Waals surface area contributed by atoms with Crippen molar-refractivity contribution >= 4 is 29.3 Å². The molecule has 0 heterocycles. The maximum Gasteiger partial charge on any atom is 0.248 e. The summed E-state index contributed by atoms with van der Waals surface area (Å²) in [4.78, 5) is 11.6. The van der Waals surface area contributed by atoms with Gasteiger partial charge in [-0.05, 0) is 29.8 Å². The van der Waals surface area contributed by atoms with E-state index in [1.54, 1.807) is 36.4 Å². The van der Waals surface area contributed by atoms with Gasteiger partial charge in [0.1, 0.15) is 5.82 Å². The van der Waals surface area contributed by atoms with Gasteiger partial charge in [0.15, 0.2) is 0 Å². The average molecular weight is 276 g/mol. The summed E-state index contributed by atoms with van der Waals surface area (Å²) >= 11 is 5.95. The van der Waals surface area contributed by atoms with Crippen LogP contribution in [0.5, 0.6) is 0 Å². The Labute approximate surface area is 115 Å². The van der Waals surface area contributed by atoms with E-state index >= 15 is 0 Å². The Morgan fingerprint density at radius 3 is 2.53 bits per heavy atom. The first-order chi connectivity index (χ1) is 9.16. The van der Waals surface area contributed by atoms with Crippen LogP contribution < -0.4 is 5.32 Å². The second-order valence-electron chi connectivity index (χ2n) is 3.82. The first kappa shape index (κ1) is 13.3. The van der Waals surface area contributed by atoms with Gasteiger partial charge >= 0.3 is 0 Å².